The molecule has 0 radical (unpaired) electrons. The fourth-order valence-electron chi connectivity index (χ4n) is 1.54. The van der Waals surface area contributed by atoms with Crippen molar-refractivity contribution in [2.24, 2.45) is 0 Å². The molecule has 0 saturated heterocycles. The van der Waals surface area contributed by atoms with Gasteiger partial charge >= 0.3 is 0 Å². The fourth-order valence-corrected chi connectivity index (χ4v) is 3.37. The van der Waals surface area contributed by atoms with E-state index in [0.29, 0.717) is 0 Å². The Balaban J connectivity index is 2.03. The second-order valence-corrected chi connectivity index (χ2v) is 6.49. The molecule has 1 nitrogen and oxygen atoms in total. The third-order valence-corrected chi connectivity index (χ3v) is 4.93. The number of thiophene rings is 1. The summed E-state index contributed by atoms with van der Waals surface area (Å²) in [5.41, 5.74) is 0. The van der Waals surface area contributed by atoms with Gasteiger partial charge in [-0.3, -0.25) is 0 Å². The second-order valence-electron chi connectivity index (χ2n) is 3.90. The van der Waals surface area contributed by atoms with Crippen LogP contribution in [0.2, 0.25) is 4.34 Å². The molecule has 4 heteroatoms. The van der Waals surface area contributed by atoms with E-state index >= 15 is 0 Å². The normalized spacial score (nSPS) is 10.9. The maximum Gasteiger partial charge on any atom is 0.107 e. The summed E-state index contributed by atoms with van der Waals surface area (Å²) >= 11 is 11.1. The van der Waals surface area contributed by atoms with E-state index in [1.54, 1.807) is 11.3 Å². The Bertz CT molecular complexity index is 282. The fraction of sp³-hybridized carbons (Fsp3) is 0.667. The molecule has 0 aliphatic rings. The molecule has 0 fully saturated rings. The van der Waals surface area contributed by atoms with E-state index in [4.69, 9.17) is 11.6 Å². The van der Waals surface area contributed by atoms with Crippen LogP contribution in [0.3, 0.4) is 0 Å². The highest BCUT2D eigenvalue weighted by Crippen LogP contribution is 2.32. The van der Waals surface area contributed by atoms with E-state index < -0.39 is 0 Å². The summed E-state index contributed by atoms with van der Waals surface area (Å²) in [5, 5.41) is 3.42. The van der Waals surface area contributed by atoms with Gasteiger partial charge in [0.25, 0.3) is 0 Å². The highest BCUT2D eigenvalue weighted by Gasteiger charge is 2.03. The number of hydrogen-bond acceptors (Lipinski definition) is 2. The zero-order valence-electron chi connectivity index (χ0n) is 9.69. The van der Waals surface area contributed by atoms with Gasteiger partial charge in [-0.15, -0.1) is 11.3 Å². The van der Waals surface area contributed by atoms with Gasteiger partial charge in [0.2, 0.25) is 0 Å². The Morgan fingerprint density at radius 2 is 2.12 bits per heavy atom. The third kappa shape index (κ3) is 5.67. The second kappa shape index (κ2) is 8.51. The molecule has 0 atom stereocenters. The molecular formula is C12H19BrClNS. The van der Waals surface area contributed by atoms with Crippen LogP contribution in [-0.4, -0.2) is 13.1 Å². The first-order valence-corrected chi connectivity index (χ1v) is 7.87. The lowest BCUT2D eigenvalue weighted by Crippen LogP contribution is -2.15. The Hall–Kier alpha value is 0.430. The van der Waals surface area contributed by atoms with E-state index in [2.05, 4.69) is 34.2 Å². The Labute approximate surface area is 116 Å². The summed E-state index contributed by atoms with van der Waals surface area (Å²) in [7, 11) is 0. The van der Waals surface area contributed by atoms with E-state index in [9.17, 15) is 0 Å². The van der Waals surface area contributed by atoms with Crippen LogP contribution in [0.1, 0.15) is 37.5 Å². The molecule has 0 aromatic carbocycles. The number of halogens is 2. The zero-order chi connectivity index (χ0) is 11.8. The van der Waals surface area contributed by atoms with Crippen molar-refractivity contribution in [2.45, 2.75) is 39.0 Å². The zero-order valence-corrected chi connectivity index (χ0v) is 12.8. The predicted molar refractivity (Wildman–Crippen MR) is 77.7 cm³/mol. The maximum absolute atomic E-state index is 5.99. The average Bonchev–Trinajstić information content (AvgIpc) is 2.57. The molecule has 0 spiro atoms. The molecule has 1 rings (SSSR count). The van der Waals surface area contributed by atoms with Crippen LogP contribution < -0.4 is 5.32 Å². The maximum atomic E-state index is 5.99. The van der Waals surface area contributed by atoms with Gasteiger partial charge < -0.3 is 5.32 Å². The van der Waals surface area contributed by atoms with Gasteiger partial charge in [0, 0.05) is 9.35 Å². The van der Waals surface area contributed by atoms with Crippen LogP contribution in [0.5, 0.6) is 0 Å². The molecule has 1 heterocycles. The van der Waals surface area contributed by atoms with Crippen LogP contribution in [0, 0.1) is 0 Å². The smallest absolute Gasteiger partial charge is 0.107 e. The summed E-state index contributed by atoms with van der Waals surface area (Å²) in [4.78, 5) is 1.39. The van der Waals surface area contributed by atoms with Crippen molar-refractivity contribution >= 4 is 38.9 Å². The third-order valence-electron chi connectivity index (χ3n) is 2.40. The summed E-state index contributed by atoms with van der Waals surface area (Å²) < 4.78 is 1.92. The van der Waals surface area contributed by atoms with Crippen LogP contribution in [0.25, 0.3) is 0 Å². The quantitative estimate of drug-likeness (QED) is 0.672. The molecule has 0 saturated carbocycles. The summed E-state index contributed by atoms with van der Waals surface area (Å²) in [6.07, 6.45) is 6.21. The van der Waals surface area contributed by atoms with Crippen molar-refractivity contribution in [3.05, 3.63) is 19.8 Å². The van der Waals surface area contributed by atoms with Crippen molar-refractivity contribution < 1.29 is 0 Å². The van der Waals surface area contributed by atoms with Gasteiger partial charge in [-0.05, 0) is 60.8 Å². The first-order valence-electron chi connectivity index (χ1n) is 5.88. The molecule has 0 unspecified atom stereocenters. The van der Waals surface area contributed by atoms with Gasteiger partial charge in [-0.25, -0.2) is 0 Å². The number of unbranched alkanes of at least 4 members (excludes halogenated alkanes) is 2. The standard InChI is InChI=1S/C12H19BrClNS/c1-2-7-15-8-5-3-4-6-10-9-11(13)12(14)16-10/h9,15H,2-8H2,1H3. The van der Waals surface area contributed by atoms with Crippen molar-refractivity contribution in [2.75, 3.05) is 13.1 Å². The lowest BCUT2D eigenvalue weighted by atomic mass is 10.2. The highest BCUT2D eigenvalue weighted by molar-refractivity contribution is 9.10. The Kier molecular flexibility index (Phi) is 7.71. The topological polar surface area (TPSA) is 12.0 Å². The predicted octanol–water partition coefficient (Wildman–Crippen LogP) is 4.88. The highest BCUT2D eigenvalue weighted by atomic mass is 79.9. The van der Waals surface area contributed by atoms with E-state index in [1.807, 2.05) is 0 Å². The SMILES string of the molecule is CCCNCCCCCc1cc(Br)c(Cl)s1. The van der Waals surface area contributed by atoms with Crippen molar-refractivity contribution in [1.82, 2.24) is 5.32 Å². The minimum absolute atomic E-state index is 0.875. The van der Waals surface area contributed by atoms with E-state index in [0.717, 1.165) is 28.3 Å². The summed E-state index contributed by atoms with van der Waals surface area (Å²) in [6.45, 7) is 4.50. The van der Waals surface area contributed by atoms with Crippen LogP contribution >= 0.6 is 38.9 Å². The number of hydrogen-bond donors (Lipinski definition) is 1. The lowest BCUT2D eigenvalue weighted by molar-refractivity contribution is 0.600. The Morgan fingerprint density at radius 1 is 1.31 bits per heavy atom. The summed E-state index contributed by atoms with van der Waals surface area (Å²) in [5.74, 6) is 0. The molecule has 0 bridgehead atoms. The van der Waals surface area contributed by atoms with Crippen LogP contribution in [0.4, 0.5) is 0 Å². The van der Waals surface area contributed by atoms with Gasteiger partial charge in [0.15, 0.2) is 0 Å². The minimum Gasteiger partial charge on any atom is -0.317 e. The molecule has 16 heavy (non-hydrogen) atoms. The van der Waals surface area contributed by atoms with Crippen molar-refractivity contribution in [1.29, 1.82) is 0 Å². The first-order chi connectivity index (χ1) is 7.74. The first kappa shape index (κ1) is 14.5. The van der Waals surface area contributed by atoms with Crippen molar-refractivity contribution in [3.63, 3.8) is 0 Å². The molecule has 0 aliphatic carbocycles. The van der Waals surface area contributed by atoms with Crippen LogP contribution in [-0.2, 0) is 6.42 Å². The van der Waals surface area contributed by atoms with Crippen LogP contribution in [0.15, 0.2) is 10.5 Å². The van der Waals surface area contributed by atoms with Gasteiger partial charge in [0.05, 0.1) is 0 Å². The number of aryl methyl sites for hydroxylation is 1. The van der Waals surface area contributed by atoms with Crippen molar-refractivity contribution in [3.8, 4) is 0 Å². The summed E-state index contributed by atoms with van der Waals surface area (Å²) in [6, 6.07) is 2.14. The lowest BCUT2D eigenvalue weighted by Gasteiger charge is -2.02. The average molecular weight is 325 g/mol. The number of nitrogens with one attached hydrogen (secondary N) is 1. The van der Waals surface area contributed by atoms with E-state index in [-0.39, 0.29) is 0 Å². The van der Waals surface area contributed by atoms with Gasteiger partial charge in [0.1, 0.15) is 4.34 Å². The number of rotatable bonds is 8. The molecule has 1 N–H and O–H groups in total. The molecular weight excluding hydrogens is 306 g/mol. The van der Waals surface area contributed by atoms with Gasteiger partial charge in [-0.1, -0.05) is 24.9 Å². The minimum atomic E-state index is 0.875. The molecule has 92 valence electrons. The Morgan fingerprint density at radius 3 is 2.75 bits per heavy atom. The largest absolute Gasteiger partial charge is 0.317 e. The van der Waals surface area contributed by atoms with Gasteiger partial charge in [-0.2, -0.15) is 0 Å². The molecule has 0 amide bonds. The molecule has 1 aromatic heterocycles. The molecule has 1 aromatic rings. The molecule has 0 aliphatic heterocycles. The monoisotopic (exact) mass is 323 g/mol. The van der Waals surface area contributed by atoms with E-state index in [1.165, 1.54) is 30.6 Å².